The predicted octanol–water partition coefficient (Wildman–Crippen LogP) is 0.569. The maximum absolute atomic E-state index is 12.3. The van der Waals surface area contributed by atoms with Crippen molar-refractivity contribution < 1.29 is 18.8 Å². The molecule has 9 nitrogen and oxygen atoms in total. The number of aromatic nitrogens is 2. The maximum atomic E-state index is 12.3. The summed E-state index contributed by atoms with van der Waals surface area (Å²) in [5, 5.41) is 9.67. The van der Waals surface area contributed by atoms with Crippen molar-refractivity contribution in [3.05, 3.63) is 11.7 Å². The Kier molecular flexibility index (Phi) is 6.78. The van der Waals surface area contributed by atoms with Gasteiger partial charge in [-0.2, -0.15) is 4.98 Å². The molecule has 1 aliphatic carbocycles. The Hall–Kier alpha value is -2.00. The number of carbonyl (C=O) groups is 2. The van der Waals surface area contributed by atoms with Gasteiger partial charge in [0.1, 0.15) is 6.61 Å². The molecule has 2 amide bonds. The van der Waals surface area contributed by atoms with Gasteiger partial charge in [-0.25, -0.2) is 0 Å². The Balaban J connectivity index is 1.35. The van der Waals surface area contributed by atoms with Crippen molar-refractivity contribution in [2.45, 2.75) is 63.6 Å². The fraction of sp³-hybridized carbons (Fsp3) is 0.778. The Labute approximate surface area is 159 Å². The highest BCUT2D eigenvalue weighted by Crippen LogP contribution is 2.38. The minimum absolute atomic E-state index is 0.0225. The molecule has 2 heterocycles. The van der Waals surface area contributed by atoms with Crippen molar-refractivity contribution in [1.29, 1.82) is 0 Å². The average Bonchev–Trinajstić information content (AvgIpc) is 3.31. The topological polar surface area (TPSA) is 110 Å². The number of hydrogen-bond donors (Lipinski definition) is 2. The molecule has 27 heavy (non-hydrogen) atoms. The van der Waals surface area contributed by atoms with E-state index < -0.39 is 0 Å². The van der Waals surface area contributed by atoms with Crippen LogP contribution in [0.25, 0.3) is 0 Å². The first-order valence-electron chi connectivity index (χ1n) is 9.72. The van der Waals surface area contributed by atoms with E-state index in [0.29, 0.717) is 43.8 Å². The molecule has 9 heteroatoms. The highest BCUT2D eigenvalue weighted by molar-refractivity contribution is 5.77. The van der Waals surface area contributed by atoms with Gasteiger partial charge >= 0.3 is 0 Å². The van der Waals surface area contributed by atoms with Crippen molar-refractivity contribution in [2.24, 2.45) is 0 Å². The van der Waals surface area contributed by atoms with Crippen LogP contribution >= 0.6 is 0 Å². The summed E-state index contributed by atoms with van der Waals surface area (Å²) in [7, 11) is 2.01. The van der Waals surface area contributed by atoms with Gasteiger partial charge in [-0.05, 0) is 39.7 Å². The Morgan fingerprint density at radius 1 is 1.19 bits per heavy atom. The molecule has 1 aromatic rings. The van der Waals surface area contributed by atoms with Crippen molar-refractivity contribution in [2.75, 3.05) is 26.8 Å². The van der Waals surface area contributed by atoms with Gasteiger partial charge in [0.15, 0.2) is 5.82 Å². The second kappa shape index (κ2) is 9.27. The number of nitrogens with one attached hydrogen (secondary N) is 2. The minimum Gasteiger partial charge on any atom is -0.372 e. The van der Waals surface area contributed by atoms with E-state index in [1.165, 1.54) is 0 Å². The molecule has 0 unspecified atom stereocenters. The molecule has 2 aliphatic rings. The van der Waals surface area contributed by atoms with Gasteiger partial charge in [0.05, 0.1) is 6.54 Å². The van der Waals surface area contributed by atoms with Crippen LogP contribution in [0.5, 0.6) is 0 Å². The van der Waals surface area contributed by atoms with E-state index in [0.717, 1.165) is 25.7 Å². The number of amides is 2. The summed E-state index contributed by atoms with van der Waals surface area (Å²) in [6.07, 6.45) is 4.53. The highest BCUT2D eigenvalue weighted by Gasteiger charge is 2.32. The zero-order valence-electron chi connectivity index (χ0n) is 16.1. The summed E-state index contributed by atoms with van der Waals surface area (Å²) >= 11 is 0. The molecule has 0 radical (unpaired) electrons. The van der Waals surface area contributed by atoms with Gasteiger partial charge in [-0.15, -0.1) is 0 Å². The molecule has 1 aromatic heterocycles. The summed E-state index contributed by atoms with van der Waals surface area (Å²) in [5.74, 6) is 1.51. The summed E-state index contributed by atoms with van der Waals surface area (Å²) in [5.41, 5.74) is 0. The van der Waals surface area contributed by atoms with Crippen molar-refractivity contribution in [3.8, 4) is 0 Å². The third-order valence-corrected chi connectivity index (χ3v) is 5.23. The second-order valence-electron chi connectivity index (χ2n) is 7.30. The Bertz CT molecular complexity index is 645. The lowest BCUT2D eigenvalue weighted by atomic mass is 10.1. The van der Waals surface area contributed by atoms with Crippen LogP contribution in [0.1, 0.15) is 56.7 Å². The fourth-order valence-electron chi connectivity index (χ4n) is 3.36. The molecule has 0 bridgehead atoms. The minimum atomic E-state index is -0.0999. The first-order valence-corrected chi connectivity index (χ1v) is 9.72. The van der Waals surface area contributed by atoms with Gasteiger partial charge in [-0.3, -0.25) is 14.5 Å². The SMILES string of the molecule is CCOCC(=O)NC[C@@H]1CC[C@H](CC(=O)NCc2noc(C3CC3)n2)N1C. The van der Waals surface area contributed by atoms with Crippen LogP contribution in [-0.2, 0) is 20.9 Å². The number of likely N-dealkylation sites (N-methyl/N-ethyl adjacent to an activating group) is 1. The molecule has 150 valence electrons. The monoisotopic (exact) mass is 379 g/mol. The Morgan fingerprint density at radius 2 is 1.96 bits per heavy atom. The van der Waals surface area contributed by atoms with Crippen LogP contribution in [0.4, 0.5) is 0 Å². The molecule has 1 saturated heterocycles. The van der Waals surface area contributed by atoms with Crippen LogP contribution in [0.3, 0.4) is 0 Å². The zero-order valence-corrected chi connectivity index (χ0v) is 16.1. The largest absolute Gasteiger partial charge is 0.372 e. The van der Waals surface area contributed by atoms with E-state index in [4.69, 9.17) is 9.26 Å². The van der Waals surface area contributed by atoms with Crippen LogP contribution in [0, 0.1) is 0 Å². The second-order valence-corrected chi connectivity index (χ2v) is 7.30. The molecule has 0 aromatic carbocycles. The maximum Gasteiger partial charge on any atom is 0.246 e. The summed E-state index contributed by atoms with van der Waals surface area (Å²) in [4.78, 5) is 30.4. The molecule has 1 aliphatic heterocycles. The number of hydrogen-bond acceptors (Lipinski definition) is 7. The van der Waals surface area contributed by atoms with Gasteiger partial charge < -0.3 is 19.9 Å². The van der Waals surface area contributed by atoms with E-state index in [9.17, 15) is 9.59 Å². The zero-order chi connectivity index (χ0) is 19.2. The lowest BCUT2D eigenvalue weighted by molar-refractivity contribution is -0.126. The summed E-state index contributed by atoms with van der Waals surface area (Å²) in [6.45, 7) is 3.35. The third kappa shape index (κ3) is 5.74. The Morgan fingerprint density at radius 3 is 2.70 bits per heavy atom. The number of rotatable bonds is 10. The highest BCUT2D eigenvalue weighted by atomic mass is 16.5. The quantitative estimate of drug-likeness (QED) is 0.611. The van der Waals surface area contributed by atoms with Crippen LogP contribution in [0.15, 0.2) is 4.52 Å². The molecule has 2 fully saturated rings. The van der Waals surface area contributed by atoms with Crippen molar-refractivity contribution >= 4 is 11.8 Å². The average molecular weight is 379 g/mol. The first kappa shape index (κ1) is 19.8. The number of ether oxygens (including phenoxy) is 1. The molecular weight excluding hydrogens is 350 g/mol. The van der Waals surface area contributed by atoms with Crippen LogP contribution in [0.2, 0.25) is 0 Å². The van der Waals surface area contributed by atoms with Crippen LogP contribution in [-0.4, -0.2) is 65.7 Å². The molecular formula is C18H29N5O4. The third-order valence-electron chi connectivity index (χ3n) is 5.23. The fourth-order valence-corrected chi connectivity index (χ4v) is 3.36. The number of likely N-dealkylation sites (tertiary alicyclic amines) is 1. The van der Waals surface area contributed by atoms with Gasteiger partial charge in [-0.1, -0.05) is 5.16 Å². The molecule has 1 saturated carbocycles. The first-order chi connectivity index (χ1) is 13.1. The molecule has 3 rings (SSSR count). The van der Waals surface area contributed by atoms with E-state index in [-0.39, 0.29) is 30.5 Å². The van der Waals surface area contributed by atoms with E-state index in [1.807, 2.05) is 14.0 Å². The molecule has 2 N–H and O–H groups in total. The standard InChI is InChI=1S/C18H29N5O4/c1-3-26-11-17(25)19-9-14-7-6-13(23(14)2)8-16(24)20-10-15-21-18(27-22-15)12-4-5-12/h12-14H,3-11H2,1-2H3,(H,19,25)(H,20,24)/t13-,14+/m1/s1. The lowest BCUT2D eigenvalue weighted by Gasteiger charge is -2.25. The smallest absolute Gasteiger partial charge is 0.246 e. The summed E-state index contributed by atoms with van der Waals surface area (Å²) in [6, 6.07) is 0.415. The van der Waals surface area contributed by atoms with Crippen molar-refractivity contribution in [3.63, 3.8) is 0 Å². The molecule has 0 spiro atoms. The predicted molar refractivity (Wildman–Crippen MR) is 96.8 cm³/mol. The molecule has 2 atom stereocenters. The van der Waals surface area contributed by atoms with E-state index >= 15 is 0 Å². The number of nitrogens with zero attached hydrogens (tertiary/aromatic N) is 3. The number of carbonyl (C=O) groups excluding carboxylic acids is 2. The van der Waals surface area contributed by atoms with Gasteiger partial charge in [0.2, 0.25) is 17.7 Å². The van der Waals surface area contributed by atoms with Gasteiger partial charge in [0, 0.05) is 37.6 Å². The van der Waals surface area contributed by atoms with Gasteiger partial charge in [0.25, 0.3) is 0 Å². The van der Waals surface area contributed by atoms with Crippen LogP contribution < -0.4 is 10.6 Å². The van der Waals surface area contributed by atoms with E-state index in [1.54, 1.807) is 0 Å². The van der Waals surface area contributed by atoms with Crippen molar-refractivity contribution in [1.82, 2.24) is 25.7 Å². The summed E-state index contributed by atoms with van der Waals surface area (Å²) < 4.78 is 10.3. The van der Waals surface area contributed by atoms with E-state index in [2.05, 4.69) is 25.7 Å². The normalized spacial score (nSPS) is 22.7. The lowest BCUT2D eigenvalue weighted by Crippen LogP contribution is -2.43.